The van der Waals surface area contributed by atoms with Gasteiger partial charge in [-0.3, -0.25) is 0 Å². The Morgan fingerprint density at radius 2 is 1.62 bits per heavy atom. The number of rotatable bonds is 3. The summed E-state index contributed by atoms with van der Waals surface area (Å²) in [4.78, 5) is 2.05. The third-order valence-corrected chi connectivity index (χ3v) is 3.49. The van der Waals surface area contributed by atoms with E-state index in [0.717, 1.165) is 22.5 Å². The lowest BCUT2D eigenvalue weighted by Crippen LogP contribution is -2.20. The Hall–Kier alpha value is -2.49. The molecule has 0 fully saturated rings. The standard InChI is InChI=1S/C17H21N3O/c1-11-5-6-16(15(10-11)17(18)19-21)20(4)14-8-12(2)7-13(3)9-14/h5-10,21H,1-4H3,(H2,18,19). The van der Waals surface area contributed by atoms with Crippen molar-refractivity contribution < 1.29 is 5.21 Å². The van der Waals surface area contributed by atoms with Crippen molar-refractivity contribution in [1.82, 2.24) is 0 Å². The molecule has 0 saturated heterocycles. The van der Waals surface area contributed by atoms with E-state index in [1.54, 1.807) is 0 Å². The molecular weight excluding hydrogens is 262 g/mol. The molecule has 110 valence electrons. The average Bonchev–Trinajstić information content (AvgIpc) is 2.44. The normalized spacial score (nSPS) is 11.5. The summed E-state index contributed by atoms with van der Waals surface area (Å²) in [7, 11) is 1.98. The van der Waals surface area contributed by atoms with E-state index in [1.165, 1.54) is 11.1 Å². The highest BCUT2D eigenvalue weighted by Gasteiger charge is 2.13. The minimum Gasteiger partial charge on any atom is -0.409 e. The van der Waals surface area contributed by atoms with Gasteiger partial charge in [-0.05, 0) is 56.2 Å². The van der Waals surface area contributed by atoms with Crippen LogP contribution in [0.25, 0.3) is 0 Å². The number of hydrogen-bond acceptors (Lipinski definition) is 3. The molecule has 3 N–H and O–H groups in total. The minimum absolute atomic E-state index is 0.116. The van der Waals surface area contributed by atoms with Crippen LogP contribution in [0.1, 0.15) is 22.3 Å². The zero-order chi connectivity index (χ0) is 15.6. The molecule has 0 heterocycles. The molecule has 2 rings (SSSR count). The summed E-state index contributed by atoms with van der Waals surface area (Å²) < 4.78 is 0. The summed E-state index contributed by atoms with van der Waals surface area (Å²) in [5.41, 5.74) is 12.0. The second-order valence-electron chi connectivity index (χ2n) is 5.41. The smallest absolute Gasteiger partial charge is 0.172 e. The zero-order valence-corrected chi connectivity index (χ0v) is 12.9. The quantitative estimate of drug-likeness (QED) is 0.392. The fraction of sp³-hybridized carbons (Fsp3) is 0.235. The minimum atomic E-state index is 0.116. The molecule has 0 atom stereocenters. The fourth-order valence-electron chi connectivity index (χ4n) is 2.48. The number of nitrogens with zero attached hydrogens (tertiary/aromatic N) is 2. The van der Waals surface area contributed by atoms with Crippen LogP contribution in [-0.2, 0) is 0 Å². The molecule has 21 heavy (non-hydrogen) atoms. The van der Waals surface area contributed by atoms with Crippen molar-refractivity contribution in [3.63, 3.8) is 0 Å². The van der Waals surface area contributed by atoms with E-state index in [1.807, 2.05) is 37.1 Å². The Labute approximate surface area is 125 Å². The summed E-state index contributed by atoms with van der Waals surface area (Å²) in [6.45, 7) is 6.13. The van der Waals surface area contributed by atoms with E-state index in [2.05, 4.69) is 37.2 Å². The zero-order valence-electron chi connectivity index (χ0n) is 12.9. The van der Waals surface area contributed by atoms with Crippen LogP contribution in [0.3, 0.4) is 0 Å². The van der Waals surface area contributed by atoms with E-state index in [0.29, 0.717) is 0 Å². The van der Waals surface area contributed by atoms with Gasteiger partial charge in [-0.15, -0.1) is 0 Å². The molecule has 0 aliphatic rings. The first kappa shape index (κ1) is 14.9. The first-order valence-corrected chi connectivity index (χ1v) is 6.83. The third-order valence-electron chi connectivity index (χ3n) is 3.49. The molecule has 0 aliphatic heterocycles. The Morgan fingerprint density at radius 1 is 1.00 bits per heavy atom. The van der Waals surface area contributed by atoms with Gasteiger partial charge in [-0.1, -0.05) is 22.9 Å². The number of anilines is 2. The molecule has 4 nitrogen and oxygen atoms in total. The Bertz CT molecular complexity index is 672. The van der Waals surface area contributed by atoms with Crippen LogP contribution in [0.2, 0.25) is 0 Å². The number of benzene rings is 2. The maximum Gasteiger partial charge on any atom is 0.172 e. The fourth-order valence-corrected chi connectivity index (χ4v) is 2.48. The van der Waals surface area contributed by atoms with Gasteiger partial charge in [0.25, 0.3) is 0 Å². The Kier molecular flexibility index (Phi) is 4.17. The van der Waals surface area contributed by atoms with Crippen molar-refractivity contribution >= 4 is 17.2 Å². The highest BCUT2D eigenvalue weighted by Crippen LogP contribution is 2.29. The number of aryl methyl sites for hydroxylation is 3. The molecule has 0 amide bonds. The molecule has 0 saturated carbocycles. The van der Waals surface area contributed by atoms with Gasteiger partial charge in [-0.25, -0.2) is 0 Å². The highest BCUT2D eigenvalue weighted by molar-refractivity contribution is 6.03. The van der Waals surface area contributed by atoms with Crippen LogP contribution in [0, 0.1) is 20.8 Å². The summed E-state index contributed by atoms with van der Waals surface area (Å²) in [6, 6.07) is 12.3. The molecule has 0 radical (unpaired) electrons. The van der Waals surface area contributed by atoms with Crippen molar-refractivity contribution in [1.29, 1.82) is 0 Å². The molecule has 2 aromatic carbocycles. The summed E-state index contributed by atoms with van der Waals surface area (Å²) >= 11 is 0. The van der Waals surface area contributed by atoms with Gasteiger partial charge in [0.1, 0.15) is 0 Å². The topological polar surface area (TPSA) is 61.8 Å². The first-order chi connectivity index (χ1) is 9.92. The van der Waals surface area contributed by atoms with E-state index in [9.17, 15) is 0 Å². The SMILES string of the molecule is Cc1cc(C)cc(N(C)c2ccc(C)cc2/C(N)=N/O)c1. The van der Waals surface area contributed by atoms with Gasteiger partial charge >= 0.3 is 0 Å². The van der Waals surface area contributed by atoms with Gasteiger partial charge in [0, 0.05) is 18.3 Å². The van der Waals surface area contributed by atoms with Crippen LogP contribution in [0.5, 0.6) is 0 Å². The molecule has 0 aliphatic carbocycles. The number of amidine groups is 1. The van der Waals surface area contributed by atoms with Crippen LogP contribution in [0.4, 0.5) is 11.4 Å². The first-order valence-electron chi connectivity index (χ1n) is 6.83. The molecular formula is C17H21N3O. The second-order valence-corrected chi connectivity index (χ2v) is 5.41. The highest BCUT2D eigenvalue weighted by atomic mass is 16.4. The van der Waals surface area contributed by atoms with E-state index < -0.39 is 0 Å². The van der Waals surface area contributed by atoms with Gasteiger partial charge in [0.2, 0.25) is 0 Å². The lowest BCUT2D eigenvalue weighted by Gasteiger charge is -2.23. The van der Waals surface area contributed by atoms with Crippen molar-refractivity contribution in [3.05, 3.63) is 58.7 Å². The van der Waals surface area contributed by atoms with Crippen LogP contribution in [0.15, 0.2) is 41.6 Å². The molecule has 0 spiro atoms. The van der Waals surface area contributed by atoms with Crippen LogP contribution < -0.4 is 10.6 Å². The summed E-state index contributed by atoms with van der Waals surface area (Å²) in [5, 5.41) is 12.1. The predicted molar refractivity (Wildman–Crippen MR) is 87.7 cm³/mol. The lowest BCUT2D eigenvalue weighted by atomic mass is 10.1. The van der Waals surface area contributed by atoms with E-state index >= 15 is 0 Å². The number of oxime groups is 1. The van der Waals surface area contributed by atoms with Crippen molar-refractivity contribution in [3.8, 4) is 0 Å². The van der Waals surface area contributed by atoms with Crippen LogP contribution >= 0.6 is 0 Å². The number of hydrogen-bond donors (Lipinski definition) is 2. The van der Waals surface area contributed by atoms with Crippen molar-refractivity contribution in [2.45, 2.75) is 20.8 Å². The van der Waals surface area contributed by atoms with E-state index in [4.69, 9.17) is 10.9 Å². The summed E-state index contributed by atoms with van der Waals surface area (Å²) in [5.74, 6) is 0.116. The van der Waals surface area contributed by atoms with Gasteiger partial charge < -0.3 is 15.8 Å². The Morgan fingerprint density at radius 3 is 2.19 bits per heavy atom. The number of nitrogens with two attached hydrogens (primary N) is 1. The summed E-state index contributed by atoms with van der Waals surface area (Å²) in [6.07, 6.45) is 0. The van der Waals surface area contributed by atoms with Crippen LogP contribution in [-0.4, -0.2) is 18.1 Å². The Balaban J connectivity index is 2.55. The molecule has 2 aromatic rings. The maximum atomic E-state index is 8.99. The largest absolute Gasteiger partial charge is 0.409 e. The predicted octanol–water partition coefficient (Wildman–Crippen LogP) is 3.47. The maximum absolute atomic E-state index is 8.99. The van der Waals surface area contributed by atoms with Gasteiger partial charge in [0.05, 0.1) is 5.69 Å². The second kappa shape index (κ2) is 5.87. The molecule has 4 heteroatoms. The van der Waals surface area contributed by atoms with Gasteiger partial charge in [0.15, 0.2) is 5.84 Å². The van der Waals surface area contributed by atoms with Gasteiger partial charge in [-0.2, -0.15) is 0 Å². The molecule has 0 aromatic heterocycles. The third kappa shape index (κ3) is 3.16. The monoisotopic (exact) mass is 283 g/mol. The molecule has 0 bridgehead atoms. The van der Waals surface area contributed by atoms with E-state index in [-0.39, 0.29) is 5.84 Å². The lowest BCUT2D eigenvalue weighted by molar-refractivity contribution is 0.318. The average molecular weight is 283 g/mol. The van der Waals surface area contributed by atoms with Crippen molar-refractivity contribution in [2.24, 2.45) is 10.9 Å². The molecule has 0 unspecified atom stereocenters. The van der Waals surface area contributed by atoms with Crippen molar-refractivity contribution in [2.75, 3.05) is 11.9 Å².